The Morgan fingerprint density at radius 3 is 2.36 bits per heavy atom. The van der Waals surface area contributed by atoms with Gasteiger partial charge in [-0.3, -0.25) is 19.3 Å². The van der Waals surface area contributed by atoms with Crippen molar-refractivity contribution in [3.63, 3.8) is 0 Å². The van der Waals surface area contributed by atoms with Crippen molar-refractivity contribution in [1.82, 2.24) is 0 Å². The maximum atomic E-state index is 13.7. The molecule has 0 aromatic heterocycles. The molecular weight excluding hydrogens is 545 g/mol. The van der Waals surface area contributed by atoms with Crippen molar-refractivity contribution < 1.29 is 33.4 Å². The van der Waals surface area contributed by atoms with Gasteiger partial charge in [-0.25, -0.2) is 4.79 Å². The number of nitrogens with zero attached hydrogens (tertiary/aromatic N) is 1. The number of Topliss-reactive ketones (excluding diaryl/α,β-unsaturated/α-hetero) is 2. The molecule has 8 nitrogen and oxygen atoms in total. The van der Waals surface area contributed by atoms with E-state index in [0.717, 1.165) is 0 Å². The molecule has 4 rings (SSSR count). The van der Waals surface area contributed by atoms with Crippen LogP contribution in [0.3, 0.4) is 0 Å². The topological polar surface area (TPSA) is 99.2 Å². The van der Waals surface area contributed by atoms with E-state index in [-0.39, 0.29) is 28.6 Å². The fourth-order valence-electron chi connectivity index (χ4n) is 4.31. The zero-order valence-corrected chi connectivity index (χ0v) is 22.4. The van der Waals surface area contributed by atoms with E-state index in [1.807, 2.05) is 0 Å². The molecule has 3 aromatic carbocycles. The Morgan fingerprint density at radius 2 is 1.69 bits per heavy atom. The summed E-state index contributed by atoms with van der Waals surface area (Å²) in [6.45, 7) is -0.0567. The fourth-order valence-corrected chi connectivity index (χ4v) is 4.66. The van der Waals surface area contributed by atoms with Crippen LogP contribution in [0.2, 0.25) is 10.0 Å². The van der Waals surface area contributed by atoms with Crippen molar-refractivity contribution in [3.8, 4) is 11.5 Å². The molecule has 0 N–H and O–H groups in total. The molecule has 0 spiro atoms. The first-order valence-electron chi connectivity index (χ1n) is 11.7. The largest absolute Gasteiger partial charge is 0.497 e. The molecule has 1 aliphatic heterocycles. The quantitative estimate of drug-likeness (QED) is 0.114. The van der Waals surface area contributed by atoms with Crippen LogP contribution in [0.4, 0.5) is 5.69 Å². The lowest BCUT2D eigenvalue weighted by Crippen LogP contribution is -2.31. The zero-order chi connectivity index (χ0) is 28.1. The second kappa shape index (κ2) is 12.1. The molecule has 10 heteroatoms. The van der Waals surface area contributed by atoms with Crippen LogP contribution < -0.4 is 14.4 Å². The van der Waals surface area contributed by atoms with E-state index in [4.69, 9.17) is 32.7 Å². The van der Waals surface area contributed by atoms with Gasteiger partial charge in [-0.15, -0.1) is 0 Å². The first-order valence-corrected chi connectivity index (χ1v) is 12.5. The van der Waals surface area contributed by atoms with Gasteiger partial charge in [-0.05, 0) is 48.0 Å². The summed E-state index contributed by atoms with van der Waals surface area (Å²) in [5.41, 5.74) is 0.872. The Labute approximate surface area is 234 Å². The smallest absolute Gasteiger partial charge is 0.330 e. The summed E-state index contributed by atoms with van der Waals surface area (Å²) in [6.07, 6.45) is 2.63. The predicted molar refractivity (Wildman–Crippen MR) is 146 cm³/mol. The van der Waals surface area contributed by atoms with Gasteiger partial charge in [0.1, 0.15) is 24.0 Å². The molecule has 0 bridgehead atoms. The van der Waals surface area contributed by atoms with Crippen LogP contribution in [-0.4, -0.2) is 44.3 Å². The minimum atomic E-state index is -1.38. The molecule has 39 heavy (non-hydrogen) atoms. The number of ketones is 2. The number of rotatable bonds is 9. The number of esters is 1. The first-order chi connectivity index (χ1) is 18.8. The number of anilines is 1. The molecule has 1 saturated heterocycles. The molecule has 1 fully saturated rings. The van der Waals surface area contributed by atoms with Gasteiger partial charge in [-0.1, -0.05) is 47.5 Å². The fraction of sp³-hybridized carbons (Fsp3) is 0.172. The van der Waals surface area contributed by atoms with E-state index in [0.29, 0.717) is 16.3 Å². The molecule has 0 aliphatic carbocycles. The maximum absolute atomic E-state index is 13.7. The summed E-state index contributed by atoms with van der Waals surface area (Å²) >= 11 is 12.4. The van der Waals surface area contributed by atoms with E-state index in [1.54, 1.807) is 60.7 Å². The van der Waals surface area contributed by atoms with E-state index in [1.165, 1.54) is 37.3 Å². The van der Waals surface area contributed by atoms with Gasteiger partial charge < -0.3 is 14.2 Å². The van der Waals surface area contributed by atoms with Gasteiger partial charge in [0.05, 0.1) is 31.0 Å². The number of carbonyl (C=O) groups excluding carboxylic acids is 4. The third kappa shape index (κ3) is 5.82. The van der Waals surface area contributed by atoms with Crippen LogP contribution in [0.5, 0.6) is 11.5 Å². The van der Waals surface area contributed by atoms with Gasteiger partial charge in [0, 0.05) is 22.7 Å². The van der Waals surface area contributed by atoms with E-state index >= 15 is 0 Å². The highest BCUT2D eigenvalue weighted by atomic mass is 35.5. The second-order valence-corrected chi connectivity index (χ2v) is 9.27. The van der Waals surface area contributed by atoms with Gasteiger partial charge >= 0.3 is 5.97 Å². The lowest BCUT2D eigenvalue weighted by molar-refractivity contribution is -0.135. The van der Waals surface area contributed by atoms with Crippen LogP contribution >= 0.6 is 23.2 Å². The molecule has 1 amide bonds. The molecule has 1 heterocycles. The Morgan fingerprint density at radius 1 is 0.974 bits per heavy atom. The summed E-state index contributed by atoms with van der Waals surface area (Å²) in [4.78, 5) is 53.4. The molecule has 2 atom stereocenters. The number of benzene rings is 3. The minimum absolute atomic E-state index is 0.0567. The summed E-state index contributed by atoms with van der Waals surface area (Å²) in [5.74, 6) is -3.68. The van der Waals surface area contributed by atoms with Gasteiger partial charge in [0.2, 0.25) is 5.78 Å². The normalized spacial score (nSPS) is 17.0. The van der Waals surface area contributed by atoms with Crippen LogP contribution in [0, 0.1) is 5.92 Å². The summed E-state index contributed by atoms with van der Waals surface area (Å²) in [5, 5.41) is 0.614. The van der Waals surface area contributed by atoms with Crippen molar-refractivity contribution in [1.29, 1.82) is 0 Å². The van der Waals surface area contributed by atoms with Crippen molar-refractivity contribution in [3.05, 3.63) is 100 Å². The van der Waals surface area contributed by atoms with E-state index in [2.05, 4.69) is 4.74 Å². The van der Waals surface area contributed by atoms with Crippen LogP contribution in [-0.2, 0) is 19.1 Å². The Bertz CT molecular complexity index is 1450. The monoisotopic (exact) mass is 567 g/mol. The number of hydrogen-bond acceptors (Lipinski definition) is 7. The SMILES string of the molecule is COC(=O)C=CCOc1cc(OC)ccc1N1C(=O)C(=O)C(C(=O)c2ccccc2Cl)C1c1ccc(Cl)cc1. The van der Waals surface area contributed by atoms with Crippen LogP contribution in [0.25, 0.3) is 0 Å². The number of ether oxygens (including phenoxy) is 3. The third-order valence-corrected chi connectivity index (χ3v) is 6.74. The Kier molecular flexibility index (Phi) is 8.69. The molecule has 2 unspecified atom stereocenters. The highest BCUT2D eigenvalue weighted by Crippen LogP contribution is 2.45. The van der Waals surface area contributed by atoms with Crippen molar-refractivity contribution in [2.24, 2.45) is 5.92 Å². The van der Waals surface area contributed by atoms with Gasteiger partial charge in [0.25, 0.3) is 5.91 Å². The number of halogens is 2. The minimum Gasteiger partial charge on any atom is -0.497 e. The summed E-state index contributed by atoms with van der Waals surface area (Å²) in [7, 11) is 2.72. The van der Waals surface area contributed by atoms with Crippen molar-refractivity contribution >= 4 is 52.3 Å². The van der Waals surface area contributed by atoms with E-state index in [9.17, 15) is 19.2 Å². The summed E-state index contributed by atoms with van der Waals surface area (Å²) in [6, 6.07) is 16.6. The highest BCUT2D eigenvalue weighted by Gasteiger charge is 2.53. The average Bonchev–Trinajstić information content (AvgIpc) is 3.20. The van der Waals surface area contributed by atoms with Gasteiger partial charge in [-0.2, -0.15) is 0 Å². The average molecular weight is 568 g/mol. The molecule has 0 saturated carbocycles. The van der Waals surface area contributed by atoms with Crippen LogP contribution in [0.15, 0.2) is 78.9 Å². The Balaban J connectivity index is 1.82. The molecule has 1 aliphatic rings. The van der Waals surface area contributed by atoms with Crippen LogP contribution in [0.1, 0.15) is 22.0 Å². The predicted octanol–water partition coefficient (Wildman–Crippen LogP) is 5.27. The number of hydrogen-bond donors (Lipinski definition) is 0. The Hall–Kier alpha value is -4.14. The highest BCUT2D eigenvalue weighted by molar-refractivity contribution is 6.49. The zero-order valence-electron chi connectivity index (χ0n) is 20.9. The standard InChI is InChI=1S/C29H23Cl2NO7/c1-37-19-13-14-22(23(16-19)39-15-5-8-24(33)38-2)32-26(17-9-11-18(30)12-10-17)25(28(35)29(32)36)27(34)20-6-3-4-7-21(20)31/h3-14,16,25-26H,15H2,1-2H3. The molecule has 200 valence electrons. The maximum Gasteiger partial charge on any atom is 0.330 e. The third-order valence-electron chi connectivity index (χ3n) is 6.16. The van der Waals surface area contributed by atoms with Gasteiger partial charge in [0.15, 0.2) is 5.78 Å². The first kappa shape index (κ1) is 27.9. The number of amides is 1. The number of carbonyl (C=O) groups is 4. The van der Waals surface area contributed by atoms with Crippen molar-refractivity contribution in [2.45, 2.75) is 6.04 Å². The molecule has 3 aromatic rings. The second-order valence-electron chi connectivity index (χ2n) is 8.43. The van der Waals surface area contributed by atoms with E-state index < -0.39 is 35.4 Å². The number of methoxy groups -OCH3 is 2. The lowest BCUT2D eigenvalue weighted by Gasteiger charge is -2.29. The lowest BCUT2D eigenvalue weighted by atomic mass is 9.86. The summed E-state index contributed by atoms with van der Waals surface area (Å²) < 4.78 is 15.8. The molecular formula is C29H23Cl2NO7. The molecule has 0 radical (unpaired) electrons. The van der Waals surface area contributed by atoms with Crippen molar-refractivity contribution in [2.75, 3.05) is 25.7 Å².